The quantitative estimate of drug-likeness (QED) is 0.674. The molecule has 0 bridgehead atoms. The van der Waals surface area contributed by atoms with Crippen LogP contribution in [0, 0.1) is 24.0 Å². The maximum absolute atomic E-state index is 10.9. The first-order valence-electron chi connectivity index (χ1n) is 5.92. The summed E-state index contributed by atoms with van der Waals surface area (Å²) in [5, 5.41) is 14.1. The maximum atomic E-state index is 10.9. The molecule has 1 aromatic heterocycles. The standard InChI is InChI=1S/C13H15N3O3/c1-8-7-14-13(19-8)10(3)15-11-5-4-6-12(9(11)2)16(17)18/h4-7,10,15H,1-3H3. The molecule has 0 aliphatic rings. The second-order valence-electron chi connectivity index (χ2n) is 4.38. The van der Waals surface area contributed by atoms with Gasteiger partial charge in [-0.15, -0.1) is 0 Å². The molecule has 1 aromatic carbocycles. The highest BCUT2D eigenvalue weighted by molar-refractivity contribution is 5.60. The summed E-state index contributed by atoms with van der Waals surface area (Å²) in [5.74, 6) is 1.29. The molecule has 1 unspecified atom stereocenters. The van der Waals surface area contributed by atoms with E-state index in [1.165, 1.54) is 6.07 Å². The number of nitro groups is 1. The first kappa shape index (κ1) is 13.1. The number of anilines is 1. The summed E-state index contributed by atoms with van der Waals surface area (Å²) in [7, 11) is 0. The molecule has 0 saturated carbocycles. The molecule has 1 heterocycles. The van der Waals surface area contributed by atoms with Crippen molar-refractivity contribution in [1.82, 2.24) is 4.98 Å². The number of nitrogens with one attached hydrogen (secondary N) is 1. The van der Waals surface area contributed by atoms with Gasteiger partial charge in [-0.05, 0) is 26.8 Å². The lowest BCUT2D eigenvalue weighted by molar-refractivity contribution is -0.385. The van der Waals surface area contributed by atoms with Gasteiger partial charge in [0.1, 0.15) is 11.8 Å². The first-order chi connectivity index (χ1) is 8.99. The lowest BCUT2D eigenvalue weighted by Crippen LogP contribution is -2.08. The summed E-state index contributed by atoms with van der Waals surface area (Å²) >= 11 is 0. The first-order valence-corrected chi connectivity index (χ1v) is 5.92. The summed E-state index contributed by atoms with van der Waals surface area (Å²) in [6, 6.07) is 4.78. The second kappa shape index (κ2) is 5.09. The Morgan fingerprint density at radius 1 is 1.42 bits per heavy atom. The van der Waals surface area contributed by atoms with Crippen LogP contribution in [0.5, 0.6) is 0 Å². The molecule has 0 aliphatic heterocycles. The highest BCUT2D eigenvalue weighted by Gasteiger charge is 2.16. The van der Waals surface area contributed by atoms with Crippen LogP contribution in [0.15, 0.2) is 28.8 Å². The fourth-order valence-corrected chi connectivity index (χ4v) is 1.84. The summed E-state index contributed by atoms with van der Waals surface area (Å²) in [4.78, 5) is 14.6. The molecule has 2 rings (SSSR count). The Balaban J connectivity index is 2.24. The average molecular weight is 261 g/mol. The van der Waals surface area contributed by atoms with Crippen LogP contribution >= 0.6 is 0 Å². The van der Waals surface area contributed by atoms with Gasteiger partial charge >= 0.3 is 0 Å². The van der Waals surface area contributed by atoms with Gasteiger partial charge < -0.3 is 9.73 Å². The van der Waals surface area contributed by atoms with Crippen molar-refractivity contribution in [2.75, 3.05) is 5.32 Å². The molecule has 6 heteroatoms. The summed E-state index contributed by atoms with van der Waals surface area (Å²) in [6.45, 7) is 5.43. The van der Waals surface area contributed by atoms with E-state index in [4.69, 9.17) is 4.42 Å². The highest BCUT2D eigenvalue weighted by Crippen LogP contribution is 2.28. The molecule has 1 N–H and O–H groups in total. The third-order valence-electron chi connectivity index (χ3n) is 2.88. The van der Waals surface area contributed by atoms with Crippen LogP contribution in [0.2, 0.25) is 0 Å². The molecule has 0 spiro atoms. The fourth-order valence-electron chi connectivity index (χ4n) is 1.84. The zero-order valence-electron chi connectivity index (χ0n) is 11.0. The molecule has 6 nitrogen and oxygen atoms in total. The van der Waals surface area contributed by atoms with Crippen LogP contribution in [-0.4, -0.2) is 9.91 Å². The van der Waals surface area contributed by atoms with E-state index in [0.717, 1.165) is 5.76 Å². The number of aromatic nitrogens is 1. The number of oxazole rings is 1. The van der Waals surface area contributed by atoms with Gasteiger partial charge in [-0.25, -0.2) is 4.98 Å². The minimum absolute atomic E-state index is 0.0979. The van der Waals surface area contributed by atoms with Crippen LogP contribution in [-0.2, 0) is 0 Å². The Morgan fingerprint density at radius 3 is 2.74 bits per heavy atom. The molecular weight excluding hydrogens is 246 g/mol. The zero-order valence-corrected chi connectivity index (χ0v) is 11.0. The molecule has 0 fully saturated rings. The van der Waals surface area contributed by atoms with Crippen LogP contribution in [0.3, 0.4) is 0 Å². The van der Waals surface area contributed by atoms with Gasteiger partial charge in [-0.2, -0.15) is 0 Å². The van der Waals surface area contributed by atoms with E-state index < -0.39 is 0 Å². The van der Waals surface area contributed by atoms with E-state index in [9.17, 15) is 10.1 Å². The van der Waals surface area contributed by atoms with Crippen molar-refractivity contribution in [2.24, 2.45) is 0 Å². The summed E-state index contributed by atoms with van der Waals surface area (Å²) in [6.07, 6.45) is 1.65. The van der Waals surface area contributed by atoms with E-state index >= 15 is 0 Å². The Morgan fingerprint density at radius 2 is 2.16 bits per heavy atom. The Labute approximate surface area is 110 Å². The summed E-state index contributed by atoms with van der Waals surface area (Å²) in [5.41, 5.74) is 1.40. The van der Waals surface area contributed by atoms with Gasteiger partial charge in [-0.3, -0.25) is 10.1 Å². The number of nitro benzene ring substituents is 1. The van der Waals surface area contributed by atoms with Crippen LogP contribution in [0.1, 0.15) is 30.2 Å². The van der Waals surface area contributed by atoms with E-state index in [1.807, 2.05) is 13.8 Å². The van der Waals surface area contributed by atoms with Gasteiger partial charge in [-0.1, -0.05) is 6.07 Å². The second-order valence-corrected chi connectivity index (χ2v) is 4.38. The van der Waals surface area contributed by atoms with Crippen molar-refractivity contribution >= 4 is 11.4 Å². The SMILES string of the molecule is Cc1cnc(C(C)Nc2cccc([N+](=O)[O-])c2C)o1. The fraction of sp³-hybridized carbons (Fsp3) is 0.308. The molecule has 100 valence electrons. The lowest BCUT2D eigenvalue weighted by Gasteiger charge is -2.14. The van der Waals surface area contributed by atoms with Crippen molar-refractivity contribution in [2.45, 2.75) is 26.8 Å². The van der Waals surface area contributed by atoms with E-state index in [1.54, 1.807) is 25.3 Å². The maximum Gasteiger partial charge on any atom is 0.274 e. The molecule has 0 radical (unpaired) electrons. The largest absolute Gasteiger partial charge is 0.444 e. The smallest absolute Gasteiger partial charge is 0.274 e. The lowest BCUT2D eigenvalue weighted by atomic mass is 10.1. The van der Waals surface area contributed by atoms with Crippen molar-refractivity contribution in [3.05, 3.63) is 51.7 Å². The average Bonchev–Trinajstić information content (AvgIpc) is 2.78. The third kappa shape index (κ3) is 2.73. The Kier molecular flexibility index (Phi) is 3.50. The number of hydrogen-bond donors (Lipinski definition) is 1. The topological polar surface area (TPSA) is 81.2 Å². The van der Waals surface area contributed by atoms with Crippen LogP contribution in [0.4, 0.5) is 11.4 Å². The Bertz CT molecular complexity index is 607. The molecule has 0 amide bonds. The van der Waals surface area contributed by atoms with Gasteiger partial charge in [0.2, 0.25) is 5.89 Å². The van der Waals surface area contributed by atoms with Crippen molar-refractivity contribution in [3.63, 3.8) is 0 Å². The van der Waals surface area contributed by atoms with Crippen LogP contribution in [0.25, 0.3) is 0 Å². The summed E-state index contributed by atoms with van der Waals surface area (Å²) < 4.78 is 5.43. The van der Waals surface area contributed by atoms with Gasteiger partial charge in [0.25, 0.3) is 5.69 Å². The van der Waals surface area contributed by atoms with E-state index in [0.29, 0.717) is 17.1 Å². The predicted octanol–water partition coefficient (Wildman–Crippen LogP) is 3.37. The highest BCUT2D eigenvalue weighted by atomic mass is 16.6. The minimum Gasteiger partial charge on any atom is -0.444 e. The predicted molar refractivity (Wildman–Crippen MR) is 71.1 cm³/mol. The van der Waals surface area contributed by atoms with E-state index in [2.05, 4.69) is 10.3 Å². The molecule has 0 saturated heterocycles. The molecular formula is C13H15N3O3. The Hall–Kier alpha value is -2.37. The number of hydrogen-bond acceptors (Lipinski definition) is 5. The van der Waals surface area contributed by atoms with Crippen molar-refractivity contribution < 1.29 is 9.34 Å². The normalized spacial score (nSPS) is 12.2. The number of benzene rings is 1. The van der Waals surface area contributed by atoms with Crippen molar-refractivity contribution in [1.29, 1.82) is 0 Å². The zero-order chi connectivity index (χ0) is 14.0. The molecule has 2 aromatic rings. The number of aryl methyl sites for hydroxylation is 1. The molecule has 1 atom stereocenters. The monoisotopic (exact) mass is 261 g/mol. The van der Waals surface area contributed by atoms with Gasteiger partial charge in [0.15, 0.2) is 0 Å². The van der Waals surface area contributed by atoms with Gasteiger partial charge in [0.05, 0.1) is 11.1 Å². The number of nitrogens with zero attached hydrogens (tertiary/aromatic N) is 2. The van der Waals surface area contributed by atoms with Crippen molar-refractivity contribution in [3.8, 4) is 0 Å². The molecule has 0 aliphatic carbocycles. The van der Waals surface area contributed by atoms with Gasteiger partial charge in [0, 0.05) is 17.3 Å². The van der Waals surface area contributed by atoms with Crippen LogP contribution < -0.4 is 5.32 Å². The van der Waals surface area contributed by atoms with E-state index in [-0.39, 0.29) is 16.7 Å². The minimum atomic E-state index is -0.388. The number of rotatable bonds is 4. The third-order valence-corrected chi connectivity index (χ3v) is 2.88. The molecule has 19 heavy (non-hydrogen) atoms.